The zero-order valence-electron chi connectivity index (χ0n) is 11.7. The molecule has 3 rings (SSSR count). The molecule has 1 fully saturated rings. The van der Waals surface area contributed by atoms with E-state index in [1.165, 1.54) is 0 Å². The number of aromatic nitrogens is 3. The standard InChI is InChI=1S/C15H20N4/c1-14(2)9-15(10-14,13-18-16-11-19(13)3)17-12-7-5-4-6-8-12/h4-8,11,17H,9-10H2,1-3H3. The summed E-state index contributed by atoms with van der Waals surface area (Å²) in [7, 11) is 2.01. The van der Waals surface area contributed by atoms with Gasteiger partial charge in [0.15, 0.2) is 5.82 Å². The largest absolute Gasteiger partial charge is 0.373 e. The Labute approximate surface area is 113 Å². The first-order valence-electron chi connectivity index (χ1n) is 6.69. The van der Waals surface area contributed by atoms with Crippen molar-refractivity contribution in [2.75, 3.05) is 5.32 Å². The maximum atomic E-state index is 4.32. The molecule has 0 radical (unpaired) electrons. The second-order valence-electron chi connectivity index (χ2n) is 6.36. The minimum atomic E-state index is -0.0872. The predicted molar refractivity (Wildman–Crippen MR) is 75.8 cm³/mol. The molecule has 1 saturated carbocycles. The fraction of sp³-hybridized carbons (Fsp3) is 0.467. The maximum absolute atomic E-state index is 4.32. The van der Waals surface area contributed by atoms with Crippen LogP contribution >= 0.6 is 0 Å². The van der Waals surface area contributed by atoms with E-state index in [2.05, 4.69) is 53.6 Å². The maximum Gasteiger partial charge on any atom is 0.158 e. The van der Waals surface area contributed by atoms with Gasteiger partial charge in [0.25, 0.3) is 0 Å². The van der Waals surface area contributed by atoms with Crippen LogP contribution < -0.4 is 5.32 Å². The van der Waals surface area contributed by atoms with E-state index in [-0.39, 0.29) is 5.54 Å². The zero-order valence-corrected chi connectivity index (χ0v) is 11.7. The molecule has 19 heavy (non-hydrogen) atoms. The van der Waals surface area contributed by atoms with Crippen molar-refractivity contribution in [3.63, 3.8) is 0 Å². The zero-order chi connectivity index (χ0) is 13.5. The molecular formula is C15H20N4. The highest BCUT2D eigenvalue weighted by Crippen LogP contribution is 2.54. The molecule has 1 N–H and O–H groups in total. The number of aryl methyl sites for hydroxylation is 1. The van der Waals surface area contributed by atoms with Gasteiger partial charge in [-0.1, -0.05) is 32.0 Å². The smallest absolute Gasteiger partial charge is 0.158 e. The van der Waals surface area contributed by atoms with Crippen molar-refractivity contribution in [1.82, 2.24) is 14.8 Å². The first kappa shape index (κ1) is 12.2. The van der Waals surface area contributed by atoms with Crippen LogP contribution in [0.25, 0.3) is 0 Å². The van der Waals surface area contributed by atoms with Crippen molar-refractivity contribution < 1.29 is 0 Å². The quantitative estimate of drug-likeness (QED) is 0.918. The van der Waals surface area contributed by atoms with Gasteiger partial charge in [-0.05, 0) is 30.4 Å². The second-order valence-corrected chi connectivity index (χ2v) is 6.36. The molecule has 0 atom stereocenters. The topological polar surface area (TPSA) is 42.7 Å². The fourth-order valence-corrected chi connectivity index (χ4v) is 3.40. The summed E-state index contributed by atoms with van der Waals surface area (Å²) in [4.78, 5) is 0. The molecule has 1 aromatic heterocycles. The lowest BCUT2D eigenvalue weighted by molar-refractivity contribution is 0.0696. The van der Waals surface area contributed by atoms with Gasteiger partial charge in [-0.25, -0.2) is 0 Å². The fourth-order valence-electron chi connectivity index (χ4n) is 3.40. The number of rotatable bonds is 3. The van der Waals surface area contributed by atoms with Gasteiger partial charge in [0.2, 0.25) is 0 Å². The van der Waals surface area contributed by atoms with Crippen molar-refractivity contribution in [3.8, 4) is 0 Å². The molecular weight excluding hydrogens is 236 g/mol. The van der Waals surface area contributed by atoms with Crippen molar-refractivity contribution in [3.05, 3.63) is 42.5 Å². The molecule has 4 nitrogen and oxygen atoms in total. The Hall–Kier alpha value is -1.84. The summed E-state index contributed by atoms with van der Waals surface area (Å²) in [5.41, 5.74) is 1.41. The molecule has 0 bridgehead atoms. The molecule has 0 unspecified atom stereocenters. The van der Waals surface area contributed by atoms with Crippen molar-refractivity contribution in [2.24, 2.45) is 12.5 Å². The van der Waals surface area contributed by atoms with Crippen molar-refractivity contribution in [2.45, 2.75) is 32.2 Å². The van der Waals surface area contributed by atoms with Crippen molar-refractivity contribution in [1.29, 1.82) is 0 Å². The Bertz CT molecular complexity index is 563. The van der Waals surface area contributed by atoms with Gasteiger partial charge in [0.05, 0.1) is 5.54 Å². The molecule has 0 saturated heterocycles. The molecule has 1 heterocycles. The summed E-state index contributed by atoms with van der Waals surface area (Å²) in [5, 5.41) is 12.0. The highest BCUT2D eigenvalue weighted by atomic mass is 15.3. The number of nitrogens with one attached hydrogen (secondary N) is 1. The van der Waals surface area contributed by atoms with E-state index in [0.717, 1.165) is 24.4 Å². The van der Waals surface area contributed by atoms with E-state index in [4.69, 9.17) is 0 Å². The molecule has 100 valence electrons. The monoisotopic (exact) mass is 256 g/mol. The number of hydrogen-bond acceptors (Lipinski definition) is 3. The summed E-state index contributed by atoms with van der Waals surface area (Å²) < 4.78 is 2.02. The van der Waals surface area contributed by atoms with Crippen LogP contribution in [0.1, 0.15) is 32.5 Å². The average Bonchev–Trinajstić information content (AvgIpc) is 2.74. The van der Waals surface area contributed by atoms with E-state index in [1.54, 1.807) is 6.33 Å². The van der Waals surface area contributed by atoms with Gasteiger partial charge >= 0.3 is 0 Å². The van der Waals surface area contributed by atoms with Gasteiger partial charge < -0.3 is 9.88 Å². The molecule has 1 aromatic carbocycles. The van der Waals surface area contributed by atoms with Gasteiger partial charge in [-0.15, -0.1) is 10.2 Å². The van der Waals surface area contributed by atoms with Crippen LogP contribution in [0.2, 0.25) is 0 Å². The molecule has 2 aromatic rings. The van der Waals surface area contributed by atoms with Crippen LogP contribution in [-0.2, 0) is 12.6 Å². The summed E-state index contributed by atoms with van der Waals surface area (Å²) in [6.45, 7) is 4.60. The summed E-state index contributed by atoms with van der Waals surface area (Å²) >= 11 is 0. The lowest BCUT2D eigenvalue weighted by Gasteiger charge is -2.53. The van der Waals surface area contributed by atoms with Gasteiger partial charge in [0.1, 0.15) is 6.33 Å². The van der Waals surface area contributed by atoms with Gasteiger partial charge in [-0.2, -0.15) is 0 Å². The SMILES string of the molecule is Cn1cnnc1C1(Nc2ccccc2)CC(C)(C)C1. The Morgan fingerprint density at radius 3 is 2.37 bits per heavy atom. The number of nitrogens with zero attached hydrogens (tertiary/aromatic N) is 3. The van der Waals surface area contributed by atoms with Crippen LogP contribution in [0.3, 0.4) is 0 Å². The normalized spacial score (nSPS) is 19.7. The van der Waals surface area contributed by atoms with Crippen molar-refractivity contribution >= 4 is 5.69 Å². The highest BCUT2D eigenvalue weighted by molar-refractivity contribution is 5.47. The minimum Gasteiger partial charge on any atom is -0.373 e. The number of anilines is 1. The van der Waals surface area contributed by atoms with E-state index in [9.17, 15) is 0 Å². The Morgan fingerprint density at radius 1 is 1.16 bits per heavy atom. The van der Waals surface area contributed by atoms with E-state index >= 15 is 0 Å². The molecule has 1 aliphatic rings. The lowest BCUT2D eigenvalue weighted by atomic mass is 9.58. The summed E-state index contributed by atoms with van der Waals surface area (Å²) in [6, 6.07) is 10.3. The van der Waals surface area contributed by atoms with Gasteiger partial charge in [-0.3, -0.25) is 0 Å². The van der Waals surface area contributed by atoms with Gasteiger partial charge in [0, 0.05) is 12.7 Å². The van der Waals surface area contributed by atoms with E-state index in [1.807, 2.05) is 17.7 Å². The number of para-hydroxylation sites is 1. The molecule has 0 amide bonds. The molecule has 1 aliphatic carbocycles. The number of benzene rings is 1. The molecule has 0 aliphatic heterocycles. The molecule has 0 spiro atoms. The van der Waals surface area contributed by atoms with E-state index < -0.39 is 0 Å². The van der Waals surface area contributed by atoms with Crippen LogP contribution in [0.15, 0.2) is 36.7 Å². The lowest BCUT2D eigenvalue weighted by Crippen LogP contribution is -2.53. The predicted octanol–water partition coefficient (Wildman–Crippen LogP) is 2.94. The Kier molecular flexibility index (Phi) is 2.62. The summed E-state index contributed by atoms with van der Waals surface area (Å²) in [5.74, 6) is 1.02. The third-order valence-electron chi connectivity index (χ3n) is 3.86. The third kappa shape index (κ3) is 2.11. The van der Waals surface area contributed by atoms with Crippen LogP contribution in [0.4, 0.5) is 5.69 Å². The van der Waals surface area contributed by atoms with Crippen LogP contribution in [0.5, 0.6) is 0 Å². The van der Waals surface area contributed by atoms with E-state index in [0.29, 0.717) is 5.41 Å². The van der Waals surface area contributed by atoms with Crippen LogP contribution in [0, 0.1) is 5.41 Å². The first-order valence-corrected chi connectivity index (χ1v) is 6.69. The summed E-state index contributed by atoms with van der Waals surface area (Å²) in [6.07, 6.45) is 3.91. The minimum absolute atomic E-state index is 0.0872. The third-order valence-corrected chi connectivity index (χ3v) is 3.86. The average molecular weight is 256 g/mol. The molecule has 4 heteroatoms. The Balaban J connectivity index is 1.94. The Morgan fingerprint density at radius 2 is 1.84 bits per heavy atom. The second kappa shape index (κ2) is 4.08. The number of hydrogen-bond donors (Lipinski definition) is 1. The van der Waals surface area contributed by atoms with Crippen LogP contribution in [-0.4, -0.2) is 14.8 Å². The highest BCUT2D eigenvalue weighted by Gasteiger charge is 2.53. The first-order chi connectivity index (χ1) is 9.01.